The van der Waals surface area contributed by atoms with Crippen LogP contribution in [-0.2, 0) is 16.1 Å². The van der Waals surface area contributed by atoms with Crippen LogP contribution < -0.4 is 0 Å². The van der Waals surface area contributed by atoms with Gasteiger partial charge < -0.3 is 0 Å². The zero-order valence-electron chi connectivity index (χ0n) is 10.0. The smallest absolute Gasteiger partial charge is 0.253 e. The molecule has 0 aromatic heterocycles. The SMILES string of the molecule is CC(C)c1ccc(CN2C(=O)C=CC2=O)cc1. The van der Waals surface area contributed by atoms with E-state index in [2.05, 4.69) is 13.8 Å². The fourth-order valence-electron chi connectivity index (χ4n) is 1.78. The Morgan fingerprint density at radius 1 is 1.00 bits per heavy atom. The highest BCUT2D eigenvalue weighted by Crippen LogP contribution is 2.16. The van der Waals surface area contributed by atoms with E-state index in [1.807, 2.05) is 24.3 Å². The summed E-state index contributed by atoms with van der Waals surface area (Å²) < 4.78 is 0. The number of carbonyl (C=O) groups excluding carboxylic acids is 2. The Kier molecular flexibility index (Phi) is 3.09. The van der Waals surface area contributed by atoms with Gasteiger partial charge in [-0.25, -0.2) is 0 Å². The van der Waals surface area contributed by atoms with Crippen LogP contribution in [0.4, 0.5) is 0 Å². The van der Waals surface area contributed by atoms with Crippen molar-refractivity contribution in [2.75, 3.05) is 0 Å². The van der Waals surface area contributed by atoms with Crippen LogP contribution in [0.1, 0.15) is 30.9 Å². The van der Waals surface area contributed by atoms with Gasteiger partial charge in [0.2, 0.25) is 0 Å². The van der Waals surface area contributed by atoms with Gasteiger partial charge >= 0.3 is 0 Å². The first-order valence-electron chi connectivity index (χ1n) is 5.70. The quantitative estimate of drug-likeness (QED) is 0.745. The monoisotopic (exact) mass is 229 g/mol. The van der Waals surface area contributed by atoms with Gasteiger partial charge in [0, 0.05) is 12.2 Å². The lowest BCUT2D eigenvalue weighted by atomic mass is 10.0. The molecule has 2 amide bonds. The fourth-order valence-corrected chi connectivity index (χ4v) is 1.78. The van der Waals surface area contributed by atoms with Gasteiger partial charge in [0.25, 0.3) is 11.8 Å². The summed E-state index contributed by atoms with van der Waals surface area (Å²) in [5.41, 5.74) is 2.23. The van der Waals surface area contributed by atoms with Crippen molar-refractivity contribution in [3.63, 3.8) is 0 Å². The van der Waals surface area contributed by atoms with E-state index in [1.54, 1.807) is 0 Å². The Hall–Kier alpha value is -1.90. The molecule has 0 radical (unpaired) electrons. The molecule has 1 aromatic rings. The minimum Gasteiger partial charge on any atom is -0.271 e. The van der Waals surface area contributed by atoms with Gasteiger partial charge in [0.05, 0.1) is 6.54 Å². The standard InChI is InChI=1S/C14H15NO2/c1-10(2)12-5-3-11(4-6-12)9-15-13(16)7-8-14(15)17/h3-8,10H,9H2,1-2H3. The molecule has 0 fully saturated rings. The molecule has 0 spiro atoms. The summed E-state index contributed by atoms with van der Waals surface area (Å²) in [6, 6.07) is 8.01. The third kappa shape index (κ3) is 2.44. The number of rotatable bonds is 3. The fraction of sp³-hybridized carbons (Fsp3) is 0.286. The van der Waals surface area contributed by atoms with Crippen LogP contribution in [0.25, 0.3) is 0 Å². The van der Waals surface area contributed by atoms with Gasteiger partial charge in [-0.15, -0.1) is 0 Å². The second kappa shape index (κ2) is 4.53. The summed E-state index contributed by atoms with van der Waals surface area (Å²) in [6.07, 6.45) is 2.62. The van der Waals surface area contributed by atoms with Crippen molar-refractivity contribution in [2.45, 2.75) is 26.3 Å². The van der Waals surface area contributed by atoms with E-state index in [9.17, 15) is 9.59 Å². The van der Waals surface area contributed by atoms with Crippen LogP contribution in [0.2, 0.25) is 0 Å². The molecule has 3 heteroatoms. The molecule has 0 atom stereocenters. The van der Waals surface area contributed by atoms with Crippen LogP contribution in [0.3, 0.4) is 0 Å². The highest BCUT2D eigenvalue weighted by Gasteiger charge is 2.22. The molecule has 3 nitrogen and oxygen atoms in total. The van der Waals surface area contributed by atoms with Crippen molar-refractivity contribution >= 4 is 11.8 Å². The van der Waals surface area contributed by atoms with Crippen LogP contribution in [0.15, 0.2) is 36.4 Å². The van der Waals surface area contributed by atoms with Crippen LogP contribution in [0.5, 0.6) is 0 Å². The maximum Gasteiger partial charge on any atom is 0.253 e. The predicted molar refractivity (Wildman–Crippen MR) is 65.2 cm³/mol. The number of imide groups is 1. The zero-order chi connectivity index (χ0) is 12.4. The van der Waals surface area contributed by atoms with Crippen molar-refractivity contribution < 1.29 is 9.59 Å². The maximum absolute atomic E-state index is 11.4. The van der Waals surface area contributed by atoms with E-state index < -0.39 is 0 Å². The van der Waals surface area contributed by atoms with E-state index >= 15 is 0 Å². The maximum atomic E-state index is 11.4. The lowest BCUT2D eigenvalue weighted by Gasteiger charge is -2.14. The molecule has 0 saturated carbocycles. The Morgan fingerprint density at radius 3 is 2.00 bits per heavy atom. The average molecular weight is 229 g/mol. The minimum atomic E-state index is -0.233. The summed E-state index contributed by atoms with van der Waals surface area (Å²) in [5.74, 6) is 0.0200. The highest BCUT2D eigenvalue weighted by molar-refractivity contribution is 6.12. The Bertz CT molecular complexity index is 454. The van der Waals surface area contributed by atoms with E-state index in [-0.39, 0.29) is 11.8 Å². The molecule has 17 heavy (non-hydrogen) atoms. The van der Waals surface area contributed by atoms with Crippen molar-refractivity contribution in [1.29, 1.82) is 0 Å². The van der Waals surface area contributed by atoms with E-state index in [4.69, 9.17) is 0 Å². The van der Waals surface area contributed by atoms with Gasteiger partial charge in [-0.05, 0) is 17.0 Å². The lowest BCUT2D eigenvalue weighted by molar-refractivity contribution is -0.137. The summed E-state index contributed by atoms with van der Waals surface area (Å²) >= 11 is 0. The van der Waals surface area contributed by atoms with E-state index in [0.29, 0.717) is 12.5 Å². The van der Waals surface area contributed by atoms with Gasteiger partial charge in [0.1, 0.15) is 0 Å². The average Bonchev–Trinajstić information content (AvgIpc) is 2.61. The van der Waals surface area contributed by atoms with Gasteiger partial charge in [-0.3, -0.25) is 14.5 Å². The summed E-state index contributed by atoms with van der Waals surface area (Å²) in [4.78, 5) is 24.0. The van der Waals surface area contributed by atoms with Gasteiger partial charge in [-0.1, -0.05) is 38.1 Å². The molecule has 0 bridgehead atoms. The summed E-state index contributed by atoms with van der Waals surface area (Å²) in [5, 5.41) is 0. The number of hydrogen-bond acceptors (Lipinski definition) is 2. The summed E-state index contributed by atoms with van der Waals surface area (Å²) in [7, 11) is 0. The first-order valence-corrected chi connectivity index (χ1v) is 5.70. The Balaban J connectivity index is 2.09. The number of benzene rings is 1. The van der Waals surface area contributed by atoms with Crippen LogP contribution >= 0.6 is 0 Å². The molecule has 1 aromatic carbocycles. The van der Waals surface area contributed by atoms with Crippen molar-refractivity contribution in [3.8, 4) is 0 Å². The largest absolute Gasteiger partial charge is 0.271 e. The molecule has 1 heterocycles. The first kappa shape index (κ1) is 11.6. The highest BCUT2D eigenvalue weighted by atomic mass is 16.2. The van der Waals surface area contributed by atoms with Gasteiger partial charge in [-0.2, -0.15) is 0 Å². The molecule has 0 aliphatic carbocycles. The molecular formula is C14H15NO2. The second-order valence-electron chi connectivity index (χ2n) is 4.49. The van der Waals surface area contributed by atoms with Crippen molar-refractivity contribution in [3.05, 3.63) is 47.5 Å². The molecule has 0 unspecified atom stereocenters. The molecular weight excluding hydrogens is 214 g/mol. The molecule has 1 aliphatic heterocycles. The van der Waals surface area contributed by atoms with Gasteiger partial charge in [0.15, 0.2) is 0 Å². The summed E-state index contributed by atoms with van der Waals surface area (Å²) in [6.45, 7) is 4.61. The Morgan fingerprint density at radius 2 is 1.53 bits per heavy atom. The molecule has 0 saturated heterocycles. The number of hydrogen-bond donors (Lipinski definition) is 0. The molecule has 88 valence electrons. The molecule has 0 N–H and O–H groups in total. The normalized spacial score (nSPS) is 15.1. The van der Waals surface area contributed by atoms with Crippen molar-refractivity contribution in [1.82, 2.24) is 4.90 Å². The third-order valence-electron chi connectivity index (χ3n) is 2.89. The number of nitrogens with zero attached hydrogens (tertiary/aromatic N) is 1. The third-order valence-corrected chi connectivity index (χ3v) is 2.89. The van der Waals surface area contributed by atoms with Crippen LogP contribution in [-0.4, -0.2) is 16.7 Å². The zero-order valence-corrected chi connectivity index (χ0v) is 10.0. The second-order valence-corrected chi connectivity index (χ2v) is 4.49. The molecule has 1 aliphatic rings. The molecule has 2 rings (SSSR count). The van der Waals surface area contributed by atoms with E-state index in [0.717, 1.165) is 5.56 Å². The lowest BCUT2D eigenvalue weighted by Crippen LogP contribution is -2.29. The number of carbonyl (C=O) groups is 2. The predicted octanol–water partition coefficient (Wildman–Crippen LogP) is 2.24. The topological polar surface area (TPSA) is 37.4 Å². The minimum absolute atomic E-state index is 0.233. The first-order chi connectivity index (χ1) is 8.08. The number of amides is 2. The van der Waals surface area contributed by atoms with Crippen molar-refractivity contribution in [2.24, 2.45) is 0 Å². The Labute approximate surface area is 101 Å². The van der Waals surface area contributed by atoms with Crippen LogP contribution in [0, 0.1) is 0 Å². The van der Waals surface area contributed by atoms with E-state index in [1.165, 1.54) is 22.6 Å².